The van der Waals surface area contributed by atoms with E-state index in [1.807, 2.05) is 18.2 Å². The molecule has 0 saturated carbocycles. The lowest BCUT2D eigenvalue weighted by molar-refractivity contribution is -0.900. The molecule has 0 aliphatic carbocycles. The molecule has 4 nitrogen and oxygen atoms in total. The Balaban J connectivity index is 1.66. The minimum absolute atomic E-state index is 0.387. The molecule has 1 N–H and O–H groups in total. The van der Waals surface area contributed by atoms with E-state index in [1.165, 1.54) is 10.5 Å². The third-order valence-corrected chi connectivity index (χ3v) is 4.33. The van der Waals surface area contributed by atoms with Crippen molar-refractivity contribution >= 4 is 0 Å². The zero-order valence-corrected chi connectivity index (χ0v) is 15.0. The Kier molecular flexibility index (Phi) is 8.27. The third-order valence-electron chi connectivity index (χ3n) is 4.33. The molecule has 1 fully saturated rings. The maximum atomic E-state index is 5.97. The van der Waals surface area contributed by atoms with Gasteiger partial charge < -0.3 is 19.1 Å². The van der Waals surface area contributed by atoms with E-state index in [-0.39, 0.29) is 5.60 Å². The Bertz CT molecular complexity index is 517. The predicted molar refractivity (Wildman–Crippen MR) is 94.9 cm³/mol. The van der Waals surface area contributed by atoms with Gasteiger partial charge in [-0.05, 0) is 24.8 Å². The lowest BCUT2D eigenvalue weighted by atomic mass is 10.0. The van der Waals surface area contributed by atoms with Crippen LogP contribution in [0.5, 0.6) is 0 Å². The van der Waals surface area contributed by atoms with Gasteiger partial charge in [-0.1, -0.05) is 43.2 Å². The number of morpholine rings is 1. The van der Waals surface area contributed by atoms with Crippen molar-refractivity contribution in [1.82, 2.24) is 0 Å². The summed E-state index contributed by atoms with van der Waals surface area (Å²) in [6.07, 6.45) is 0.872. The Hall–Kier alpha value is -1.38. The molecule has 1 saturated heterocycles. The fraction of sp³-hybridized carbons (Fsp3) is 0.600. The van der Waals surface area contributed by atoms with Gasteiger partial charge in [-0.15, -0.1) is 0 Å². The molecule has 1 heterocycles. The standard InChI is InChI=1S/C20H29NO3/c1-3-20(2,10-7-11-21-12-14-22-15-13-21)24-17-16-23-18-19-8-5-4-6-9-19/h4-6,8-9H,3,11-18H2,1-2H3/p+1/t20-/m1/s1. The van der Waals surface area contributed by atoms with E-state index in [0.717, 1.165) is 39.3 Å². The summed E-state index contributed by atoms with van der Waals surface area (Å²) in [5.41, 5.74) is 0.797. The van der Waals surface area contributed by atoms with Crippen LogP contribution >= 0.6 is 0 Å². The Morgan fingerprint density at radius 1 is 1.17 bits per heavy atom. The molecular formula is C20H30NO3+. The number of rotatable bonds is 8. The number of ether oxygens (including phenoxy) is 3. The highest BCUT2D eigenvalue weighted by molar-refractivity contribution is 5.13. The average Bonchev–Trinajstić information content (AvgIpc) is 2.63. The molecule has 4 heteroatoms. The summed E-state index contributed by atoms with van der Waals surface area (Å²) in [6.45, 7) is 10.6. The molecule has 0 spiro atoms. The zero-order valence-electron chi connectivity index (χ0n) is 15.0. The zero-order chi connectivity index (χ0) is 17.1. The second-order valence-corrected chi connectivity index (χ2v) is 6.31. The van der Waals surface area contributed by atoms with Crippen molar-refractivity contribution in [3.05, 3.63) is 35.9 Å². The Morgan fingerprint density at radius 3 is 2.62 bits per heavy atom. The van der Waals surface area contributed by atoms with E-state index in [2.05, 4.69) is 37.8 Å². The first-order chi connectivity index (χ1) is 11.7. The summed E-state index contributed by atoms with van der Waals surface area (Å²) in [6, 6.07) is 10.2. The fourth-order valence-corrected chi connectivity index (χ4v) is 2.51. The van der Waals surface area contributed by atoms with Crippen LogP contribution in [0, 0.1) is 11.8 Å². The molecule has 1 aromatic rings. The number of quaternary nitrogens is 1. The van der Waals surface area contributed by atoms with Crippen LogP contribution < -0.4 is 4.90 Å². The normalized spacial score (nSPS) is 17.8. The summed E-state index contributed by atoms with van der Waals surface area (Å²) >= 11 is 0. The van der Waals surface area contributed by atoms with Gasteiger partial charge in [0.15, 0.2) is 0 Å². The summed E-state index contributed by atoms with van der Waals surface area (Å²) in [5.74, 6) is 6.62. The largest absolute Gasteiger partial charge is 0.374 e. The third kappa shape index (κ3) is 7.02. The van der Waals surface area contributed by atoms with Gasteiger partial charge in [-0.2, -0.15) is 0 Å². The molecule has 0 amide bonds. The maximum Gasteiger partial charge on any atom is 0.139 e. The number of nitrogens with one attached hydrogen (secondary N) is 1. The lowest BCUT2D eigenvalue weighted by Crippen LogP contribution is -3.14. The Labute approximate surface area is 146 Å². The van der Waals surface area contributed by atoms with Gasteiger partial charge in [0, 0.05) is 0 Å². The van der Waals surface area contributed by atoms with Crippen molar-refractivity contribution < 1.29 is 19.1 Å². The highest BCUT2D eigenvalue weighted by Gasteiger charge is 2.20. The first-order valence-corrected chi connectivity index (χ1v) is 8.89. The van der Waals surface area contributed by atoms with Crippen LogP contribution in [0.25, 0.3) is 0 Å². The van der Waals surface area contributed by atoms with Crippen molar-refractivity contribution in [2.24, 2.45) is 0 Å². The van der Waals surface area contributed by atoms with Crippen LogP contribution in [0.1, 0.15) is 25.8 Å². The lowest BCUT2D eigenvalue weighted by Gasteiger charge is -2.24. The smallest absolute Gasteiger partial charge is 0.139 e. The molecule has 0 bridgehead atoms. The van der Waals surface area contributed by atoms with E-state index in [0.29, 0.717) is 19.8 Å². The van der Waals surface area contributed by atoms with Crippen LogP contribution in [0.2, 0.25) is 0 Å². The average molecular weight is 332 g/mol. The highest BCUT2D eigenvalue weighted by Crippen LogP contribution is 2.13. The van der Waals surface area contributed by atoms with Crippen molar-refractivity contribution in [2.75, 3.05) is 46.1 Å². The van der Waals surface area contributed by atoms with Gasteiger partial charge in [-0.25, -0.2) is 0 Å². The molecular weight excluding hydrogens is 302 g/mol. The molecule has 0 radical (unpaired) electrons. The van der Waals surface area contributed by atoms with Crippen LogP contribution in [0.4, 0.5) is 0 Å². The second-order valence-electron chi connectivity index (χ2n) is 6.31. The van der Waals surface area contributed by atoms with E-state index < -0.39 is 0 Å². The SMILES string of the molecule is CC[C@](C)(C#CC[NH+]1CCOCC1)OCCOCc1ccccc1. The van der Waals surface area contributed by atoms with Crippen LogP contribution in [-0.2, 0) is 20.8 Å². The van der Waals surface area contributed by atoms with Crippen molar-refractivity contribution in [2.45, 2.75) is 32.5 Å². The first-order valence-electron chi connectivity index (χ1n) is 8.89. The molecule has 24 heavy (non-hydrogen) atoms. The van der Waals surface area contributed by atoms with Crippen molar-refractivity contribution in [1.29, 1.82) is 0 Å². The van der Waals surface area contributed by atoms with Gasteiger partial charge in [0.05, 0.1) is 33.0 Å². The number of hydrogen-bond acceptors (Lipinski definition) is 3. The van der Waals surface area contributed by atoms with E-state index >= 15 is 0 Å². The molecule has 0 aromatic heterocycles. The Morgan fingerprint density at radius 2 is 1.92 bits per heavy atom. The topological polar surface area (TPSA) is 32.1 Å². The van der Waals surface area contributed by atoms with E-state index in [1.54, 1.807) is 0 Å². The predicted octanol–water partition coefficient (Wildman–Crippen LogP) is 1.31. The monoisotopic (exact) mass is 332 g/mol. The maximum absolute atomic E-state index is 5.97. The van der Waals surface area contributed by atoms with Gasteiger partial charge in [-0.3, -0.25) is 0 Å². The van der Waals surface area contributed by atoms with Gasteiger partial charge >= 0.3 is 0 Å². The van der Waals surface area contributed by atoms with Crippen LogP contribution in [0.3, 0.4) is 0 Å². The minimum Gasteiger partial charge on any atom is -0.374 e. The summed E-state index contributed by atoms with van der Waals surface area (Å²) in [4.78, 5) is 1.50. The minimum atomic E-state index is -0.387. The summed E-state index contributed by atoms with van der Waals surface area (Å²) in [5, 5.41) is 0. The number of hydrogen-bond donors (Lipinski definition) is 1. The van der Waals surface area contributed by atoms with Gasteiger partial charge in [0.1, 0.15) is 25.2 Å². The highest BCUT2D eigenvalue weighted by atomic mass is 16.5. The summed E-state index contributed by atoms with van der Waals surface area (Å²) < 4.78 is 17.0. The molecule has 0 unspecified atom stereocenters. The molecule has 132 valence electrons. The molecule has 1 aliphatic rings. The van der Waals surface area contributed by atoms with Crippen LogP contribution in [0.15, 0.2) is 30.3 Å². The van der Waals surface area contributed by atoms with Crippen molar-refractivity contribution in [3.8, 4) is 11.8 Å². The quantitative estimate of drug-likeness (QED) is 0.575. The second kappa shape index (κ2) is 10.5. The van der Waals surface area contributed by atoms with Gasteiger partial charge in [0.25, 0.3) is 0 Å². The van der Waals surface area contributed by atoms with E-state index in [9.17, 15) is 0 Å². The molecule has 1 atom stereocenters. The molecule has 2 rings (SSSR count). The van der Waals surface area contributed by atoms with E-state index in [4.69, 9.17) is 14.2 Å². The van der Waals surface area contributed by atoms with Crippen molar-refractivity contribution in [3.63, 3.8) is 0 Å². The fourth-order valence-electron chi connectivity index (χ4n) is 2.51. The molecule has 1 aliphatic heterocycles. The summed E-state index contributed by atoms with van der Waals surface area (Å²) in [7, 11) is 0. The first kappa shape index (κ1) is 19.0. The molecule has 1 aromatic carbocycles. The van der Waals surface area contributed by atoms with Gasteiger partial charge in [0.2, 0.25) is 0 Å². The van der Waals surface area contributed by atoms with Crippen LogP contribution in [-0.4, -0.2) is 51.7 Å². The number of benzene rings is 1.